The molecule has 1 fully saturated rings. The summed E-state index contributed by atoms with van der Waals surface area (Å²) in [7, 11) is 4.49. The number of hydrogen-bond donors (Lipinski definition) is 3. The minimum atomic E-state index is -0.479. The maximum Gasteiger partial charge on any atom is 0.261 e. The molecule has 0 spiro atoms. The maximum atomic E-state index is 14.4. The average Bonchev–Trinajstić information content (AvgIpc) is 3.10. The second kappa shape index (κ2) is 6.56. The molecule has 2 aromatic heterocycles. The van der Waals surface area contributed by atoms with Crippen LogP contribution in [0.3, 0.4) is 0 Å². The number of quaternary nitrogens is 1. The molecule has 5 rings (SSSR count). The SMILES string of the molecule is C[N+]1(C)CCN(c2ccc3nc(-c4c(N)c5c(F)cccc5[nH]c4=O)[nH]c3c2)CC1. The number of aromatic nitrogens is 3. The molecule has 1 aliphatic heterocycles. The molecule has 1 aliphatic rings. The highest BCUT2D eigenvalue weighted by Crippen LogP contribution is 2.31. The van der Waals surface area contributed by atoms with E-state index in [-0.39, 0.29) is 16.6 Å². The molecule has 2 aromatic carbocycles. The van der Waals surface area contributed by atoms with Crippen LogP contribution < -0.4 is 16.2 Å². The zero-order valence-electron chi connectivity index (χ0n) is 17.0. The normalized spacial score (nSPS) is 16.4. The molecule has 154 valence electrons. The summed E-state index contributed by atoms with van der Waals surface area (Å²) in [5.41, 5.74) is 9.08. The van der Waals surface area contributed by atoms with Crippen LogP contribution in [0.1, 0.15) is 0 Å². The minimum absolute atomic E-state index is 0.0853. The van der Waals surface area contributed by atoms with Gasteiger partial charge in [0.15, 0.2) is 0 Å². The number of nitrogens with two attached hydrogens (primary N) is 1. The van der Waals surface area contributed by atoms with Crippen molar-refractivity contribution in [2.75, 3.05) is 50.9 Å². The van der Waals surface area contributed by atoms with E-state index in [0.29, 0.717) is 11.3 Å². The standard InChI is InChI=1S/C22H23FN6O/c1-29(2)10-8-28(9-11-29)13-6-7-15-17(12-13)26-21(25-15)19-20(24)18-14(23)4-3-5-16(18)27-22(19)30/h3-7,12H,8-11H2,1-2H3,(H3-,24,25,26,27,30)/p+1. The van der Waals surface area contributed by atoms with Crippen LogP contribution >= 0.6 is 0 Å². The molecule has 0 atom stereocenters. The van der Waals surface area contributed by atoms with Crippen molar-refractivity contribution in [3.05, 3.63) is 52.6 Å². The molecule has 4 aromatic rings. The first-order chi connectivity index (χ1) is 14.3. The van der Waals surface area contributed by atoms with Gasteiger partial charge in [-0.1, -0.05) is 6.07 Å². The first kappa shape index (κ1) is 18.6. The van der Waals surface area contributed by atoms with Crippen LogP contribution in [-0.4, -0.2) is 59.7 Å². The topological polar surface area (TPSA) is 90.8 Å². The third kappa shape index (κ3) is 3.00. The van der Waals surface area contributed by atoms with Crippen LogP contribution in [0.25, 0.3) is 33.3 Å². The molecular weight excluding hydrogens is 383 g/mol. The van der Waals surface area contributed by atoms with Gasteiger partial charge in [-0.25, -0.2) is 9.37 Å². The highest BCUT2D eigenvalue weighted by atomic mass is 19.1. The van der Waals surface area contributed by atoms with Crippen molar-refractivity contribution in [3.63, 3.8) is 0 Å². The molecule has 0 unspecified atom stereocenters. The lowest BCUT2D eigenvalue weighted by Gasteiger charge is -2.40. The first-order valence-corrected chi connectivity index (χ1v) is 9.99. The second-order valence-electron chi connectivity index (χ2n) is 8.56. The van der Waals surface area contributed by atoms with E-state index in [9.17, 15) is 9.18 Å². The zero-order valence-corrected chi connectivity index (χ0v) is 17.0. The number of aromatic amines is 2. The van der Waals surface area contributed by atoms with Crippen LogP contribution in [0.2, 0.25) is 0 Å². The summed E-state index contributed by atoms with van der Waals surface area (Å²) < 4.78 is 15.4. The molecule has 4 N–H and O–H groups in total. The number of nitrogen functional groups attached to an aromatic ring is 1. The number of nitrogens with zero attached hydrogens (tertiary/aromatic N) is 3. The van der Waals surface area contributed by atoms with Gasteiger partial charge >= 0.3 is 0 Å². The lowest BCUT2D eigenvalue weighted by atomic mass is 10.1. The number of anilines is 2. The lowest BCUT2D eigenvalue weighted by molar-refractivity contribution is -0.890. The second-order valence-corrected chi connectivity index (χ2v) is 8.56. The monoisotopic (exact) mass is 407 g/mol. The van der Waals surface area contributed by atoms with E-state index < -0.39 is 11.4 Å². The molecule has 0 radical (unpaired) electrons. The Morgan fingerprint density at radius 2 is 1.87 bits per heavy atom. The number of rotatable bonds is 2. The fraction of sp³-hybridized carbons (Fsp3) is 0.273. The predicted molar refractivity (Wildman–Crippen MR) is 118 cm³/mol. The minimum Gasteiger partial charge on any atom is -0.397 e. The molecular formula is C22H24FN6O+. The van der Waals surface area contributed by atoms with E-state index in [1.54, 1.807) is 6.07 Å². The number of pyridine rings is 1. The van der Waals surface area contributed by atoms with Gasteiger partial charge in [0.05, 0.1) is 67.9 Å². The highest BCUT2D eigenvalue weighted by molar-refractivity contribution is 5.98. The number of benzene rings is 2. The van der Waals surface area contributed by atoms with E-state index in [4.69, 9.17) is 5.73 Å². The van der Waals surface area contributed by atoms with Gasteiger partial charge in [0.1, 0.15) is 17.2 Å². The van der Waals surface area contributed by atoms with E-state index in [0.717, 1.165) is 47.4 Å². The summed E-state index contributed by atoms with van der Waals surface area (Å²) in [6.07, 6.45) is 0. The van der Waals surface area contributed by atoms with Crippen molar-refractivity contribution in [3.8, 4) is 11.4 Å². The Hall–Kier alpha value is -3.39. The number of hydrogen-bond acceptors (Lipinski definition) is 4. The first-order valence-electron chi connectivity index (χ1n) is 9.99. The van der Waals surface area contributed by atoms with E-state index in [1.165, 1.54) is 12.1 Å². The van der Waals surface area contributed by atoms with Gasteiger partial charge in [-0.2, -0.15) is 0 Å². The highest BCUT2D eigenvalue weighted by Gasteiger charge is 2.25. The van der Waals surface area contributed by atoms with Crippen LogP contribution in [0.15, 0.2) is 41.2 Å². The number of fused-ring (bicyclic) bond motifs is 2. The third-order valence-electron chi connectivity index (χ3n) is 6.05. The number of H-pyrrole nitrogens is 2. The molecule has 7 nitrogen and oxygen atoms in total. The fourth-order valence-electron chi connectivity index (χ4n) is 4.15. The molecule has 3 heterocycles. The van der Waals surface area contributed by atoms with Gasteiger partial charge in [-0.3, -0.25) is 4.79 Å². The molecule has 30 heavy (non-hydrogen) atoms. The van der Waals surface area contributed by atoms with Crippen molar-refractivity contribution in [1.29, 1.82) is 0 Å². The summed E-state index contributed by atoms with van der Waals surface area (Å²) in [6.45, 7) is 4.13. The number of likely N-dealkylation sites (N-methyl/N-ethyl adjacent to an activating group) is 1. The Kier molecular flexibility index (Phi) is 4.08. The Morgan fingerprint density at radius 3 is 2.63 bits per heavy atom. The van der Waals surface area contributed by atoms with Gasteiger partial charge in [-0.05, 0) is 30.3 Å². The van der Waals surface area contributed by atoms with E-state index in [2.05, 4.69) is 33.9 Å². The van der Waals surface area contributed by atoms with Crippen LogP contribution in [0.5, 0.6) is 0 Å². The molecule has 0 aliphatic carbocycles. The number of piperazine rings is 1. The number of imidazole rings is 1. The van der Waals surface area contributed by atoms with Crippen molar-refractivity contribution in [1.82, 2.24) is 15.0 Å². The van der Waals surface area contributed by atoms with Crippen LogP contribution in [-0.2, 0) is 0 Å². The van der Waals surface area contributed by atoms with Gasteiger partial charge in [0.2, 0.25) is 0 Å². The maximum absolute atomic E-state index is 14.4. The van der Waals surface area contributed by atoms with Crippen molar-refractivity contribution < 1.29 is 8.87 Å². The Bertz CT molecular complexity index is 1330. The summed E-state index contributed by atoms with van der Waals surface area (Å²) >= 11 is 0. The summed E-state index contributed by atoms with van der Waals surface area (Å²) in [5.74, 6) is -0.144. The molecule has 0 amide bonds. The molecule has 0 bridgehead atoms. The summed E-state index contributed by atoms with van der Waals surface area (Å²) in [6, 6.07) is 10.5. The van der Waals surface area contributed by atoms with Gasteiger partial charge < -0.3 is 25.1 Å². The Labute approximate surface area is 172 Å². The number of nitrogens with one attached hydrogen (secondary N) is 2. The van der Waals surface area contributed by atoms with E-state index in [1.807, 2.05) is 18.2 Å². The number of halogens is 1. The predicted octanol–water partition coefficient (Wildman–Crippen LogP) is 2.69. The average molecular weight is 407 g/mol. The van der Waals surface area contributed by atoms with Gasteiger partial charge in [0, 0.05) is 5.69 Å². The van der Waals surface area contributed by atoms with Crippen LogP contribution in [0.4, 0.5) is 15.8 Å². The summed E-state index contributed by atoms with van der Waals surface area (Å²) in [5, 5.41) is 0.197. The van der Waals surface area contributed by atoms with Crippen molar-refractivity contribution >= 4 is 33.3 Å². The van der Waals surface area contributed by atoms with Crippen LogP contribution in [0, 0.1) is 5.82 Å². The third-order valence-corrected chi connectivity index (χ3v) is 6.05. The summed E-state index contributed by atoms with van der Waals surface area (Å²) in [4.78, 5) is 25.5. The fourth-order valence-corrected chi connectivity index (χ4v) is 4.15. The lowest BCUT2D eigenvalue weighted by Crippen LogP contribution is -2.54. The van der Waals surface area contributed by atoms with Crippen molar-refractivity contribution in [2.45, 2.75) is 0 Å². The molecule has 0 saturated carbocycles. The Balaban J connectivity index is 1.58. The van der Waals surface area contributed by atoms with Gasteiger partial charge in [0.25, 0.3) is 5.56 Å². The Morgan fingerprint density at radius 1 is 1.10 bits per heavy atom. The van der Waals surface area contributed by atoms with Gasteiger partial charge in [-0.15, -0.1) is 0 Å². The quantitative estimate of drug-likeness (QED) is 0.446. The smallest absolute Gasteiger partial charge is 0.261 e. The molecule has 1 saturated heterocycles. The van der Waals surface area contributed by atoms with E-state index >= 15 is 0 Å². The molecule has 8 heteroatoms. The zero-order chi connectivity index (χ0) is 21.0. The largest absolute Gasteiger partial charge is 0.397 e. The van der Waals surface area contributed by atoms with Crippen molar-refractivity contribution in [2.24, 2.45) is 0 Å².